The molecule has 0 radical (unpaired) electrons. The summed E-state index contributed by atoms with van der Waals surface area (Å²) >= 11 is 0. The van der Waals surface area contributed by atoms with Crippen molar-refractivity contribution in [3.63, 3.8) is 0 Å². The van der Waals surface area contributed by atoms with Gasteiger partial charge in [-0.2, -0.15) is 0 Å². The Morgan fingerprint density at radius 2 is 1.88 bits per heavy atom. The number of benzene rings is 1. The topological polar surface area (TPSA) is 38.0 Å². The summed E-state index contributed by atoms with van der Waals surface area (Å²) in [7, 11) is 0. The van der Waals surface area contributed by atoms with Gasteiger partial charge in [-0.15, -0.1) is 0 Å². The smallest absolute Gasteiger partial charge is 0.0208 e. The number of rotatable bonds is 4. The zero-order valence-corrected chi connectivity index (χ0v) is 10.1. The zero-order valence-electron chi connectivity index (χ0n) is 10.1. The standard InChI is InChI=1S/C14H22N2/c1-2-11-3-5-12(6-4-11)10-16-14-8-7-13(15)9-14/h3-6,13-14,16H,2,7-10,15H2,1H3. The van der Waals surface area contributed by atoms with Gasteiger partial charge in [0.25, 0.3) is 0 Å². The molecule has 1 aromatic rings. The Morgan fingerprint density at radius 3 is 2.44 bits per heavy atom. The third-order valence-electron chi connectivity index (χ3n) is 3.50. The van der Waals surface area contributed by atoms with Crippen molar-refractivity contribution in [2.45, 2.75) is 51.2 Å². The van der Waals surface area contributed by atoms with Crippen molar-refractivity contribution in [1.82, 2.24) is 5.32 Å². The van der Waals surface area contributed by atoms with Crippen LogP contribution >= 0.6 is 0 Å². The van der Waals surface area contributed by atoms with Crippen LogP contribution in [0.3, 0.4) is 0 Å². The van der Waals surface area contributed by atoms with E-state index in [1.165, 1.54) is 24.0 Å². The van der Waals surface area contributed by atoms with Gasteiger partial charge in [0.15, 0.2) is 0 Å². The fourth-order valence-electron chi connectivity index (χ4n) is 2.36. The van der Waals surface area contributed by atoms with Crippen molar-refractivity contribution >= 4 is 0 Å². The fourth-order valence-corrected chi connectivity index (χ4v) is 2.36. The summed E-state index contributed by atoms with van der Waals surface area (Å²) in [6.45, 7) is 3.16. The number of hydrogen-bond acceptors (Lipinski definition) is 2. The van der Waals surface area contributed by atoms with E-state index in [9.17, 15) is 0 Å². The molecule has 2 atom stereocenters. The molecule has 1 aromatic carbocycles. The van der Waals surface area contributed by atoms with E-state index < -0.39 is 0 Å². The summed E-state index contributed by atoms with van der Waals surface area (Å²) in [5.74, 6) is 0. The van der Waals surface area contributed by atoms with Gasteiger partial charge in [-0.3, -0.25) is 0 Å². The largest absolute Gasteiger partial charge is 0.328 e. The summed E-state index contributed by atoms with van der Waals surface area (Å²) in [5, 5.41) is 3.59. The predicted molar refractivity (Wildman–Crippen MR) is 68.3 cm³/mol. The highest BCUT2D eigenvalue weighted by atomic mass is 14.9. The van der Waals surface area contributed by atoms with E-state index in [0.29, 0.717) is 12.1 Å². The van der Waals surface area contributed by atoms with Gasteiger partial charge in [0.05, 0.1) is 0 Å². The minimum absolute atomic E-state index is 0.417. The lowest BCUT2D eigenvalue weighted by Crippen LogP contribution is -2.27. The predicted octanol–water partition coefficient (Wildman–Crippen LogP) is 2.22. The van der Waals surface area contributed by atoms with Crippen LogP contribution in [0, 0.1) is 0 Å². The maximum absolute atomic E-state index is 5.89. The quantitative estimate of drug-likeness (QED) is 0.813. The number of aryl methyl sites for hydroxylation is 1. The van der Waals surface area contributed by atoms with Crippen molar-refractivity contribution in [2.75, 3.05) is 0 Å². The molecule has 1 fully saturated rings. The summed E-state index contributed by atoms with van der Waals surface area (Å²) in [5.41, 5.74) is 8.67. The number of hydrogen-bond donors (Lipinski definition) is 2. The van der Waals surface area contributed by atoms with Gasteiger partial charge < -0.3 is 11.1 Å². The highest BCUT2D eigenvalue weighted by Gasteiger charge is 2.20. The van der Waals surface area contributed by atoms with Crippen molar-refractivity contribution < 1.29 is 0 Å². The molecule has 0 heterocycles. The van der Waals surface area contributed by atoms with E-state index in [1.54, 1.807) is 0 Å². The van der Waals surface area contributed by atoms with Gasteiger partial charge in [-0.1, -0.05) is 31.2 Å². The molecule has 3 N–H and O–H groups in total. The molecule has 0 aromatic heterocycles. The first kappa shape index (κ1) is 11.6. The van der Waals surface area contributed by atoms with Crippen LogP contribution in [0.2, 0.25) is 0 Å². The van der Waals surface area contributed by atoms with E-state index in [4.69, 9.17) is 5.73 Å². The molecule has 88 valence electrons. The first-order valence-corrected chi connectivity index (χ1v) is 6.34. The van der Waals surface area contributed by atoms with E-state index >= 15 is 0 Å². The Hall–Kier alpha value is -0.860. The van der Waals surface area contributed by atoms with Crippen molar-refractivity contribution in [3.8, 4) is 0 Å². The molecular formula is C14H22N2. The Balaban J connectivity index is 1.80. The lowest BCUT2D eigenvalue weighted by atomic mass is 10.1. The van der Waals surface area contributed by atoms with Crippen molar-refractivity contribution in [3.05, 3.63) is 35.4 Å². The Bertz CT molecular complexity index is 318. The molecule has 2 unspecified atom stereocenters. The average molecular weight is 218 g/mol. The minimum Gasteiger partial charge on any atom is -0.328 e. The summed E-state index contributed by atoms with van der Waals surface area (Å²) in [4.78, 5) is 0. The van der Waals surface area contributed by atoms with Gasteiger partial charge in [-0.05, 0) is 36.8 Å². The van der Waals surface area contributed by atoms with Gasteiger partial charge in [-0.25, -0.2) is 0 Å². The molecule has 2 rings (SSSR count). The molecule has 16 heavy (non-hydrogen) atoms. The van der Waals surface area contributed by atoms with Gasteiger partial charge in [0, 0.05) is 18.6 Å². The van der Waals surface area contributed by atoms with Gasteiger partial charge in [0.2, 0.25) is 0 Å². The molecule has 0 spiro atoms. The minimum atomic E-state index is 0.417. The van der Waals surface area contributed by atoms with Crippen LogP contribution in [0.4, 0.5) is 0 Å². The van der Waals surface area contributed by atoms with E-state index in [2.05, 4.69) is 36.5 Å². The second-order valence-corrected chi connectivity index (χ2v) is 4.82. The van der Waals surface area contributed by atoms with Gasteiger partial charge in [0.1, 0.15) is 0 Å². The molecule has 1 aliphatic carbocycles. The third-order valence-corrected chi connectivity index (χ3v) is 3.50. The Morgan fingerprint density at radius 1 is 1.19 bits per heavy atom. The highest BCUT2D eigenvalue weighted by molar-refractivity contribution is 5.22. The van der Waals surface area contributed by atoms with Gasteiger partial charge >= 0.3 is 0 Å². The Kier molecular flexibility index (Phi) is 3.97. The molecule has 2 heteroatoms. The first-order chi connectivity index (χ1) is 7.78. The molecule has 1 saturated carbocycles. The maximum atomic E-state index is 5.89. The SMILES string of the molecule is CCc1ccc(CNC2CCC(N)C2)cc1. The van der Waals surface area contributed by atoms with Crippen LogP contribution in [-0.2, 0) is 13.0 Å². The van der Waals surface area contributed by atoms with Crippen LogP contribution in [0.5, 0.6) is 0 Å². The van der Waals surface area contributed by atoms with Crippen molar-refractivity contribution in [2.24, 2.45) is 5.73 Å². The van der Waals surface area contributed by atoms with Crippen LogP contribution in [0.15, 0.2) is 24.3 Å². The average Bonchev–Trinajstić information content (AvgIpc) is 2.73. The number of nitrogens with one attached hydrogen (secondary N) is 1. The zero-order chi connectivity index (χ0) is 11.4. The summed E-state index contributed by atoms with van der Waals surface area (Å²) < 4.78 is 0. The molecule has 0 saturated heterocycles. The van der Waals surface area contributed by atoms with Crippen LogP contribution in [-0.4, -0.2) is 12.1 Å². The third kappa shape index (κ3) is 3.06. The monoisotopic (exact) mass is 218 g/mol. The summed E-state index contributed by atoms with van der Waals surface area (Å²) in [6, 6.07) is 9.93. The van der Waals surface area contributed by atoms with Crippen LogP contribution in [0.1, 0.15) is 37.3 Å². The molecule has 0 amide bonds. The fraction of sp³-hybridized carbons (Fsp3) is 0.571. The molecule has 0 bridgehead atoms. The first-order valence-electron chi connectivity index (χ1n) is 6.34. The van der Waals surface area contributed by atoms with Crippen LogP contribution < -0.4 is 11.1 Å². The normalized spacial score (nSPS) is 24.9. The Labute approximate surface area is 98.2 Å². The highest BCUT2D eigenvalue weighted by Crippen LogP contribution is 2.17. The summed E-state index contributed by atoms with van der Waals surface area (Å²) in [6.07, 6.45) is 4.65. The van der Waals surface area contributed by atoms with E-state index in [0.717, 1.165) is 19.4 Å². The molecule has 0 aliphatic heterocycles. The lowest BCUT2D eigenvalue weighted by molar-refractivity contribution is 0.517. The molecular weight excluding hydrogens is 196 g/mol. The molecule has 2 nitrogen and oxygen atoms in total. The lowest BCUT2D eigenvalue weighted by Gasteiger charge is -2.12. The van der Waals surface area contributed by atoms with Crippen molar-refractivity contribution in [1.29, 1.82) is 0 Å². The second kappa shape index (κ2) is 5.46. The van der Waals surface area contributed by atoms with E-state index in [-0.39, 0.29) is 0 Å². The maximum Gasteiger partial charge on any atom is 0.0208 e. The molecule has 1 aliphatic rings. The van der Waals surface area contributed by atoms with Crippen LogP contribution in [0.25, 0.3) is 0 Å². The van der Waals surface area contributed by atoms with E-state index in [1.807, 2.05) is 0 Å². The number of nitrogens with two attached hydrogens (primary N) is 1. The second-order valence-electron chi connectivity index (χ2n) is 4.82.